The molecule has 0 amide bonds. The minimum Gasteiger partial charge on any atom is -0.368 e. The Kier molecular flexibility index (Phi) is 5.06. The Balaban J connectivity index is 2.92. The number of alkyl halides is 3. The zero-order valence-electron chi connectivity index (χ0n) is 10.1. The van der Waals surface area contributed by atoms with Gasteiger partial charge in [-0.15, -0.1) is 0 Å². The molecule has 0 aromatic carbocycles. The minimum absolute atomic E-state index is 0.0513. The summed E-state index contributed by atoms with van der Waals surface area (Å²) in [7, 11) is 0. The van der Waals surface area contributed by atoms with Crippen LogP contribution in [0.2, 0.25) is 0 Å². The first kappa shape index (κ1) is 14.9. The molecule has 102 valence electrons. The van der Waals surface area contributed by atoms with Gasteiger partial charge in [0.25, 0.3) is 0 Å². The number of thioether (sulfide) groups is 1. The van der Waals surface area contributed by atoms with Crippen LogP contribution in [-0.4, -0.2) is 28.0 Å². The molecular weight excluding hydrogens is 265 g/mol. The molecule has 1 rings (SSSR count). The summed E-state index contributed by atoms with van der Waals surface area (Å²) >= 11 is 1.61. The van der Waals surface area contributed by atoms with Gasteiger partial charge >= 0.3 is 6.18 Å². The van der Waals surface area contributed by atoms with Crippen LogP contribution >= 0.6 is 11.8 Å². The van der Waals surface area contributed by atoms with Gasteiger partial charge in [-0.1, -0.05) is 6.92 Å². The van der Waals surface area contributed by atoms with Crippen LogP contribution in [0.4, 0.5) is 24.9 Å². The Morgan fingerprint density at radius 2 is 2.11 bits per heavy atom. The van der Waals surface area contributed by atoms with Crippen molar-refractivity contribution in [1.82, 2.24) is 9.97 Å². The molecule has 0 spiro atoms. The van der Waals surface area contributed by atoms with E-state index in [0.29, 0.717) is 0 Å². The topological polar surface area (TPSA) is 63.8 Å². The Labute approximate surface area is 108 Å². The lowest BCUT2D eigenvalue weighted by atomic mass is 10.2. The second kappa shape index (κ2) is 6.12. The molecule has 3 N–H and O–H groups in total. The maximum Gasteiger partial charge on any atom is 0.433 e. The van der Waals surface area contributed by atoms with Crippen molar-refractivity contribution >= 4 is 23.5 Å². The fraction of sp³-hybridized carbons (Fsp3) is 0.600. The number of hydrogen-bond acceptors (Lipinski definition) is 5. The van der Waals surface area contributed by atoms with E-state index in [-0.39, 0.29) is 17.8 Å². The van der Waals surface area contributed by atoms with Gasteiger partial charge in [-0.25, -0.2) is 4.98 Å². The maximum absolute atomic E-state index is 12.5. The van der Waals surface area contributed by atoms with Crippen LogP contribution < -0.4 is 11.1 Å². The molecule has 0 radical (unpaired) electrons. The third-order valence-electron chi connectivity index (χ3n) is 2.25. The molecule has 18 heavy (non-hydrogen) atoms. The molecule has 8 heteroatoms. The Morgan fingerprint density at radius 1 is 1.44 bits per heavy atom. The van der Waals surface area contributed by atoms with Crippen molar-refractivity contribution in [2.45, 2.75) is 25.6 Å². The number of nitrogens with zero attached hydrogens (tertiary/aromatic N) is 2. The van der Waals surface area contributed by atoms with Crippen LogP contribution in [0.5, 0.6) is 0 Å². The summed E-state index contributed by atoms with van der Waals surface area (Å²) in [5.74, 6) is 0.504. The number of nitrogens with one attached hydrogen (secondary N) is 1. The van der Waals surface area contributed by atoms with Gasteiger partial charge in [0.05, 0.1) is 0 Å². The monoisotopic (exact) mass is 280 g/mol. The maximum atomic E-state index is 12.5. The third kappa shape index (κ3) is 4.25. The smallest absolute Gasteiger partial charge is 0.368 e. The highest BCUT2D eigenvalue weighted by molar-refractivity contribution is 7.98. The summed E-state index contributed by atoms with van der Waals surface area (Å²) in [4.78, 5) is 6.94. The first-order valence-corrected chi connectivity index (χ1v) is 6.73. The zero-order chi connectivity index (χ0) is 13.8. The van der Waals surface area contributed by atoms with Crippen LogP contribution in [0.25, 0.3) is 0 Å². The first-order valence-electron chi connectivity index (χ1n) is 5.34. The molecule has 1 heterocycles. The van der Waals surface area contributed by atoms with Crippen molar-refractivity contribution in [3.63, 3.8) is 0 Å². The third-order valence-corrected chi connectivity index (χ3v) is 2.98. The molecule has 1 atom stereocenters. The summed E-state index contributed by atoms with van der Waals surface area (Å²) in [6.07, 6.45) is -1.80. The van der Waals surface area contributed by atoms with Crippen molar-refractivity contribution in [3.8, 4) is 0 Å². The van der Waals surface area contributed by atoms with Gasteiger partial charge in [-0.2, -0.15) is 29.9 Å². The van der Waals surface area contributed by atoms with E-state index in [0.717, 1.165) is 18.2 Å². The van der Waals surface area contributed by atoms with Crippen molar-refractivity contribution in [2.75, 3.05) is 23.1 Å². The number of nitrogens with two attached hydrogens (primary N) is 1. The fourth-order valence-electron chi connectivity index (χ4n) is 1.36. The Morgan fingerprint density at radius 3 is 2.61 bits per heavy atom. The molecule has 0 saturated carbocycles. The largest absolute Gasteiger partial charge is 0.433 e. The summed E-state index contributed by atoms with van der Waals surface area (Å²) in [6.45, 7) is 1.95. The van der Waals surface area contributed by atoms with E-state index in [4.69, 9.17) is 5.73 Å². The predicted octanol–water partition coefficient (Wildman–Crippen LogP) is 2.63. The highest BCUT2D eigenvalue weighted by Gasteiger charge is 2.33. The zero-order valence-corrected chi connectivity index (χ0v) is 10.9. The van der Waals surface area contributed by atoms with Crippen LogP contribution in [0.3, 0.4) is 0 Å². The van der Waals surface area contributed by atoms with E-state index in [1.807, 2.05) is 13.2 Å². The molecular formula is C10H15F3N4S. The van der Waals surface area contributed by atoms with E-state index >= 15 is 0 Å². The Hall–Kier alpha value is -1.18. The van der Waals surface area contributed by atoms with Crippen molar-refractivity contribution in [2.24, 2.45) is 0 Å². The van der Waals surface area contributed by atoms with Crippen LogP contribution in [0, 0.1) is 0 Å². The van der Waals surface area contributed by atoms with Crippen molar-refractivity contribution < 1.29 is 13.2 Å². The molecule has 1 aromatic heterocycles. The van der Waals surface area contributed by atoms with Gasteiger partial charge in [-0.3, -0.25) is 0 Å². The average Bonchev–Trinajstić information content (AvgIpc) is 2.26. The normalized spacial score (nSPS) is 13.4. The van der Waals surface area contributed by atoms with E-state index in [1.165, 1.54) is 0 Å². The lowest BCUT2D eigenvalue weighted by Crippen LogP contribution is -2.23. The van der Waals surface area contributed by atoms with E-state index in [1.54, 1.807) is 11.8 Å². The van der Waals surface area contributed by atoms with Crippen LogP contribution in [0.15, 0.2) is 6.07 Å². The highest BCUT2D eigenvalue weighted by Crippen LogP contribution is 2.29. The highest BCUT2D eigenvalue weighted by atomic mass is 32.2. The average molecular weight is 280 g/mol. The summed E-state index contributed by atoms with van der Waals surface area (Å²) < 4.78 is 37.6. The molecule has 0 fully saturated rings. The van der Waals surface area contributed by atoms with E-state index in [9.17, 15) is 13.2 Å². The summed E-state index contributed by atoms with van der Waals surface area (Å²) in [5.41, 5.74) is 4.25. The molecule has 0 aliphatic carbocycles. The predicted molar refractivity (Wildman–Crippen MR) is 67.5 cm³/mol. The number of halogens is 3. The number of anilines is 2. The molecule has 1 unspecified atom stereocenters. The first-order chi connectivity index (χ1) is 8.36. The van der Waals surface area contributed by atoms with Crippen LogP contribution in [0.1, 0.15) is 19.0 Å². The number of hydrogen-bond donors (Lipinski definition) is 2. The van der Waals surface area contributed by atoms with Gasteiger partial charge in [-0.05, 0) is 12.7 Å². The minimum atomic E-state index is -4.52. The lowest BCUT2D eigenvalue weighted by Gasteiger charge is -2.17. The van der Waals surface area contributed by atoms with Crippen molar-refractivity contribution in [1.29, 1.82) is 0 Å². The lowest BCUT2D eigenvalue weighted by molar-refractivity contribution is -0.141. The number of aromatic nitrogens is 2. The molecule has 0 bridgehead atoms. The van der Waals surface area contributed by atoms with Gasteiger partial charge in [0.2, 0.25) is 5.95 Å². The van der Waals surface area contributed by atoms with E-state index < -0.39 is 11.9 Å². The number of rotatable bonds is 5. The van der Waals surface area contributed by atoms with E-state index in [2.05, 4.69) is 15.3 Å². The second-order valence-corrected chi connectivity index (χ2v) is 4.61. The molecule has 4 nitrogen and oxygen atoms in total. The Bertz CT molecular complexity index is 397. The summed E-state index contributed by atoms with van der Waals surface area (Å²) in [6, 6.07) is 0.926. The van der Waals surface area contributed by atoms with Gasteiger partial charge in [0.1, 0.15) is 5.82 Å². The standard InChI is InChI=1S/C10H15F3N4S/c1-3-6(5-18-2)15-8-4-7(10(11,12)13)16-9(14)17-8/h4,6H,3,5H2,1-2H3,(H3,14,15,16,17). The second-order valence-electron chi connectivity index (χ2n) is 3.70. The SMILES string of the molecule is CCC(CSC)Nc1cc(C(F)(F)F)nc(N)n1. The summed E-state index contributed by atoms with van der Waals surface area (Å²) in [5, 5.41) is 2.93. The van der Waals surface area contributed by atoms with Gasteiger partial charge in [0, 0.05) is 17.9 Å². The molecule has 0 aliphatic heterocycles. The van der Waals surface area contributed by atoms with Crippen LogP contribution in [-0.2, 0) is 6.18 Å². The molecule has 0 saturated heterocycles. The molecule has 0 aliphatic rings. The molecule has 1 aromatic rings. The quantitative estimate of drug-likeness (QED) is 0.868. The fourth-order valence-corrected chi connectivity index (χ4v) is 2.08. The number of nitrogen functional groups attached to an aromatic ring is 1. The van der Waals surface area contributed by atoms with Gasteiger partial charge in [0.15, 0.2) is 5.69 Å². The van der Waals surface area contributed by atoms with Gasteiger partial charge < -0.3 is 11.1 Å². The van der Waals surface area contributed by atoms with Crippen molar-refractivity contribution in [3.05, 3.63) is 11.8 Å².